The van der Waals surface area contributed by atoms with Crippen LogP contribution >= 0.6 is 0 Å². The van der Waals surface area contributed by atoms with Crippen molar-refractivity contribution in [3.05, 3.63) is 29.1 Å². The number of ether oxygens (including phenoxy) is 2. The Kier molecular flexibility index (Phi) is 4.55. The molecule has 1 heterocycles. The van der Waals surface area contributed by atoms with Crippen LogP contribution in [0.4, 0.5) is 4.39 Å². The van der Waals surface area contributed by atoms with E-state index in [1.54, 1.807) is 7.11 Å². The van der Waals surface area contributed by atoms with Crippen LogP contribution in [0.5, 0.6) is 5.75 Å². The summed E-state index contributed by atoms with van der Waals surface area (Å²) < 4.78 is 24.1. The molecule has 1 aliphatic rings. The van der Waals surface area contributed by atoms with Crippen molar-refractivity contribution in [2.45, 2.75) is 31.9 Å². The van der Waals surface area contributed by atoms with E-state index in [1.807, 2.05) is 6.07 Å². The van der Waals surface area contributed by atoms with Crippen LogP contribution in [0, 0.1) is 5.82 Å². The Labute approximate surface area is 107 Å². The zero-order chi connectivity index (χ0) is 13.0. The topological polar surface area (TPSA) is 30.5 Å². The molecule has 1 aromatic carbocycles. The summed E-state index contributed by atoms with van der Waals surface area (Å²) in [6, 6.07) is 3.88. The third-order valence-corrected chi connectivity index (χ3v) is 3.32. The van der Waals surface area contributed by atoms with Crippen LogP contribution in [0.15, 0.2) is 12.1 Å². The van der Waals surface area contributed by atoms with E-state index in [4.69, 9.17) is 9.47 Å². The largest absolute Gasteiger partial charge is 0.493 e. The first-order valence-corrected chi connectivity index (χ1v) is 6.32. The smallest absolute Gasteiger partial charge is 0.165 e. The minimum Gasteiger partial charge on any atom is -0.493 e. The maximum absolute atomic E-state index is 13.9. The van der Waals surface area contributed by atoms with Crippen molar-refractivity contribution < 1.29 is 13.9 Å². The fourth-order valence-electron chi connectivity index (χ4n) is 2.54. The zero-order valence-electron chi connectivity index (χ0n) is 11.0. The number of hydrogen-bond acceptors (Lipinski definition) is 3. The molecule has 1 aliphatic heterocycles. The first-order valence-electron chi connectivity index (χ1n) is 6.32. The second-order valence-electron chi connectivity index (χ2n) is 4.70. The lowest BCUT2D eigenvalue weighted by Gasteiger charge is -2.15. The molecule has 18 heavy (non-hydrogen) atoms. The minimum absolute atomic E-state index is 0.306. The maximum Gasteiger partial charge on any atom is 0.165 e. The molecule has 3 nitrogen and oxygen atoms in total. The summed E-state index contributed by atoms with van der Waals surface area (Å²) in [5.74, 6) is 0.0589. The van der Waals surface area contributed by atoms with E-state index in [2.05, 4.69) is 5.32 Å². The van der Waals surface area contributed by atoms with Crippen molar-refractivity contribution in [3.63, 3.8) is 0 Å². The van der Waals surface area contributed by atoms with Crippen LogP contribution in [0.2, 0.25) is 0 Å². The van der Waals surface area contributed by atoms with Gasteiger partial charge >= 0.3 is 0 Å². The highest BCUT2D eigenvalue weighted by atomic mass is 19.1. The monoisotopic (exact) mass is 253 g/mol. The van der Waals surface area contributed by atoms with Crippen molar-refractivity contribution in [1.82, 2.24) is 5.32 Å². The molecule has 1 N–H and O–H groups in total. The van der Waals surface area contributed by atoms with Gasteiger partial charge in [-0.2, -0.15) is 0 Å². The number of methoxy groups -OCH3 is 2. The molecule has 4 heteroatoms. The van der Waals surface area contributed by atoms with Gasteiger partial charge in [-0.15, -0.1) is 0 Å². The van der Waals surface area contributed by atoms with Gasteiger partial charge in [-0.05, 0) is 49.1 Å². The molecule has 1 aromatic rings. The second-order valence-corrected chi connectivity index (χ2v) is 4.70. The summed E-state index contributed by atoms with van der Waals surface area (Å²) in [5, 5.41) is 3.42. The van der Waals surface area contributed by atoms with Crippen molar-refractivity contribution in [2.75, 3.05) is 20.8 Å². The third-order valence-electron chi connectivity index (χ3n) is 3.32. The molecule has 1 atom stereocenters. The third kappa shape index (κ3) is 3.00. The molecule has 1 fully saturated rings. The molecule has 100 valence electrons. The van der Waals surface area contributed by atoms with Gasteiger partial charge in [0.15, 0.2) is 11.6 Å². The summed E-state index contributed by atoms with van der Waals surface area (Å²) in [5.41, 5.74) is 1.77. The molecule has 0 amide bonds. The predicted molar refractivity (Wildman–Crippen MR) is 68.4 cm³/mol. The summed E-state index contributed by atoms with van der Waals surface area (Å²) >= 11 is 0. The van der Waals surface area contributed by atoms with Crippen LogP contribution in [0.1, 0.15) is 24.0 Å². The molecule has 0 bridgehead atoms. The molecular formula is C14H20FNO2. The van der Waals surface area contributed by atoms with Gasteiger partial charge in [-0.1, -0.05) is 0 Å². The molecule has 0 aromatic heterocycles. The van der Waals surface area contributed by atoms with Crippen molar-refractivity contribution in [2.24, 2.45) is 0 Å². The van der Waals surface area contributed by atoms with Crippen LogP contribution < -0.4 is 10.1 Å². The van der Waals surface area contributed by atoms with Crippen LogP contribution in [-0.2, 0) is 17.8 Å². The van der Waals surface area contributed by atoms with Crippen molar-refractivity contribution in [3.8, 4) is 5.75 Å². The second kappa shape index (κ2) is 6.16. The van der Waals surface area contributed by atoms with Crippen molar-refractivity contribution >= 4 is 0 Å². The van der Waals surface area contributed by atoms with Gasteiger partial charge in [0.1, 0.15) is 0 Å². The Morgan fingerprint density at radius 3 is 2.83 bits per heavy atom. The van der Waals surface area contributed by atoms with Gasteiger partial charge in [-0.25, -0.2) is 4.39 Å². The summed E-state index contributed by atoms with van der Waals surface area (Å²) in [7, 11) is 3.13. The lowest BCUT2D eigenvalue weighted by molar-refractivity contribution is 0.184. The average molecular weight is 253 g/mol. The highest BCUT2D eigenvalue weighted by Crippen LogP contribution is 2.27. The fourth-order valence-corrected chi connectivity index (χ4v) is 2.54. The molecule has 1 saturated heterocycles. The number of benzene rings is 1. The van der Waals surface area contributed by atoms with Gasteiger partial charge < -0.3 is 14.8 Å². The van der Waals surface area contributed by atoms with E-state index >= 15 is 0 Å². The first kappa shape index (κ1) is 13.3. The molecular weight excluding hydrogens is 233 g/mol. The van der Waals surface area contributed by atoms with Gasteiger partial charge in [0, 0.05) is 13.2 Å². The molecule has 0 aliphatic carbocycles. The average Bonchev–Trinajstić information content (AvgIpc) is 2.82. The van der Waals surface area contributed by atoms with Gasteiger partial charge in [0.05, 0.1) is 13.7 Å². The summed E-state index contributed by atoms with van der Waals surface area (Å²) in [6.07, 6.45) is 3.13. The Morgan fingerprint density at radius 1 is 1.39 bits per heavy atom. The molecule has 0 radical (unpaired) electrons. The Morgan fingerprint density at radius 2 is 2.22 bits per heavy atom. The van der Waals surface area contributed by atoms with E-state index in [-0.39, 0.29) is 5.82 Å². The first-order chi connectivity index (χ1) is 8.74. The minimum atomic E-state index is -0.306. The van der Waals surface area contributed by atoms with Gasteiger partial charge in [0.2, 0.25) is 0 Å². The lowest BCUT2D eigenvalue weighted by atomic mass is 10.0. The van der Waals surface area contributed by atoms with E-state index in [0.29, 0.717) is 18.4 Å². The number of nitrogens with one attached hydrogen (secondary N) is 1. The summed E-state index contributed by atoms with van der Waals surface area (Å²) in [6.45, 7) is 1.47. The summed E-state index contributed by atoms with van der Waals surface area (Å²) in [4.78, 5) is 0. The number of halogens is 1. The molecule has 2 rings (SSSR count). The Bertz CT molecular complexity index is 403. The number of rotatable bonds is 5. The lowest BCUT2D eigenvalue weighted by Crippen LogP contribution is -2.24. The fraction of sp³-hybridized carbons (Fsp3) is 0.571. The van der Waals surface area contributed by atoms with Crippen LogP contribution in [0.3, 0.4) is 0 Å². The van der Waals surface area contributed by atoms with E-state index in [9.17, 15) is 4.39 Å². The normalized spacial score (nSPS) is 19.2. The molecule has 0 saturated carbocycles. The van der Waals surface area contributed by atoms with Gasteiger partial charge in [0.25, 0.3) is 0 Å². The molecule has 1 unspecified atom stereocenters. The quantitative estimate of drug-likeness (QED) is 0.873. The standard InChI is InChI=1S/C14H20FNO2/c1-17-9-10-6-11(8-12-4-3-5-16-12)14(18-2)13(15)7-10/h6-7,12,16H,3-5,8-9H2,1-2H3. The number of hydrogen-bond donors (Lipinski definition) is 1. The van der Waals surface area contributed by atoms with E-state index < -0.39 is 0 Å². The van der Waals surface area contributed by atoms with Gasteiger partial charge in [-0.3, -0.25) is 0 Å². The SMILES string of the molecule is COCc1cc(F)c(OC)c(CC2CCCN2)c1. The van der Waals surface area contributed by atoms with E-state index in [1.165, 1.54) is 19.6 Å². The Balaban J connectivity index is 2.23. The predicted octanol–water partition coefficient (Wildman–Crippen LogP) is 2.28. The molecule has 0 spiro atoms. The Hall–Kier alpha value is -1.13. The van der Waals surface area contributed by atoms with Crippen molar-refractivity contribution in [1.29, 1.82) is 0 Å². The highest BCUT2D eigenvalue weighted by molar-refractivity contribution is 5.39. The van der Waals surface area contributed by atoms with Crippen LogP contribution in [0.25, 0.3) is 0 Å². The highest BCUT2D eigenvalue weighted by Gasteiger charge is 2.19. The van der Waals surface area contributed by atoms with E-state index in [0.717, 1.165) is 30.5 Å². The maximum atomic E-state index is 13.9. The van der Waals surface area contributed by atoms with Crippen LogP contribution in [-0.4, -0.2) is 26.8 Å². The zero-order valence-corrected chi connectivity index (χ0v) is 11.0.